The Bertz CT molecular complexity index is 476. The van der Waals surface area contributed by atoms with Gasteiger partial charge in [0.1, 0.15) is 5.60 Å². The molecule has 0 spiro atoms. The summed E-state index contributed by atoms with van der Waals surface area (Å²) in [4.78, 5) is 12.0. The minimum absolute atomic E-state index is 0.296. The van der Waals surface area contributed by atoms with Crippen molar-refractivity contribution < 1.29 is 9.90 Å². The fourth-order valence-electron chi connectivity index (χ4n) is 1.94. The largest absolute Gasteiger partial charge is 0.380 e. The van der Waals surface area contributed by atoms with Crippen molar-refractivity contribution >= 4 is 40.9 Å². The minimum Gasteiger partial charge on any atom is -0.380 e. The van der Waals surface area contributed by atoms with E-state index in [9.17, 15) is 9.90 Å². The number of aliphatic hydroxyl groups is 1. The van der Waals surface area contributed by atoms with Crippen LogP contribution in [-0.2, 0) is 11.3 Å². The zero-order valence-electron chi connectivity index (χ0n) is 10.3. The van der Waals surface area contributed by atoms with Crippen LogP contribution in [0, 0.1) is 0 Å². The average Bonchev–Trinajstić information content (AvgIpc) is 2.38. The van der Waals surface area contributed by atoms with Crippen molar-refractivity contribution in [2.24, 2.45) is 0 Å². The Morgan fingerprint density at radius 3 is 2.68 bits per heavy atom. The van der Waals surface area contributed by atoms with Gasteiger partial charge in [0.05, 0.1) is 0 Å². The van der Waals surface area contributed by atoms with Crippen LogP contribution in [-0.4, -0.2) is 28.1 Å². The van der Waals surface area contributed by atoms with Crippen molar-refractivity contribution in [2.75, 3.05) is 11.5 Å². The zero-order valence-corrected chi connectivity index (χ0v) is 12.6. The van der Waals surface area contributed by atoms with Gasteiger partial charge in [0, 0.05) is 16.6 Å². The highest BCUT2D eigenvalue weighted by Gasteiger charge is 2.37. The molecule has 0 saturated carbocycles. The van der Waals surface area contributed by atoms with E-state index in [0.717, 1.165) is 17.1 Å². The first-order chi connectivity index (χ1) is 9.01. The molecule has 0 aromatic heterocycles. The van der Waals surface area contributed by atoms with Gasteiger partial charge in [-0.15, -0.1) is 0 Å². The number of rotatable bonds is 3. The van der Waals surface area contributed by atoms with Crippen molar-refractivity contribution in [3.05, 3.63) is 33.8 Å². The molecule has 0 aliphatic carbocycles. The summed E-state index contributed by atoms with van der Waals surface area (Å²) >= 11 is 13.6. The van der Waals surface area contributed by atoms with Crippen LogP contribution in [0.4, 0.5) is 0 Å². The van der Waals surface area contributed by atoms with E-state index >= 15 is 0 Å². The van der Waals surface area contributed by atoms with Gasteiger partial charge < -0.3 is 10.4 Å². The summed E-state index contributed by atoms with van der Waals surface area (Å²) < 4.78 is 0. The van der Waals surface area contributed by atoms with Crippen LogP contribution >= 0.6 is 35.0 Å². The van der Waals surface area contributed by atoms with E-state index < -0.39 is 5.60 Å². The fourth-order valence-corrected chi connectivity index (χ4v) is 3.58. The molecule has 1 saturated heterocycles. The van der Waals surface area contributed by atoms with Gasteiger partial charge in [0.25, 0.3) is 5.91 Å². The first-order valence-corrected chi connectivity index (χ1v) is 7.95. The van der Waals surface area contributed by atoms with Gasteiger partial charge in [0.15, 0.2) is 0 Å². The molecule has 0 unspecified atom stereocenters. The van der Waals surface area contributed by atoms with E-state index in [0.29, 0.717) is 29.4 Å². The van der Waals surface area contributed by atoms with Crippen LogP contribution in [0.15, 0.2) is 18.2 Å². The average molecular weight is 320 g/mol. The first-order valence-electron chi connectivity index (χ1n) is 6.04. The van der Waals surface area contributed by atoms with Crippen LogP contribution in [0.3, 0.4) is 0 Å². The van der Waals surface area contributed by atoms with Crippen LogP contribution in [0.2, 0.25) is 10.0 Å². The SMILES string of the molecule is O=C(NCc1ccc(Cl)cc1Cl)C1(O)CCSCC1. The summed E-state index contributed by atoms with van der Waals surface area (Å²) in [6.07, 6.45) is 0.996. The second-order valence-corrected chi connectivity index (χ2v) is 6.63. The summed E-state index contributed by atoms with van der Waals surface area (Å²) in [7, 11) is 0. The van der Waals surface area contributed by atoms with E-state index in [2.05, 4.69) is 5.32 Å². The van der Waals surface area contributed by atoms with E-state index in [1.165, 1.54) is 0 Å². The number of carbonyl (C=O) groups excluding carboxylic acids is 1. The molecule has 0 radical (unpaired) electrons. The molecule has 104 valence electrons. The molecule has 1 aromatic rings. The maximum atomic E-state index is 12.0. The van der Waals surface area contributed by atoms with Crippen LogP contribution < -0.4 is 5.32 Å². The summed E-state index contributed by atoms with van der Waals surface area (Å²) in [5.74, 6) is 1.30. The molecule has 1 heterocycles. The van der Waals surface area contributed by atoms with Crippen molar-refractivity contribution in [1.82, 2.24) is 5.32 Å². The predicted molar refractivity (Wildman–Crippen MR) is 79.8 cm³/mol. The zero-order chi connectivity index (χ0) is 13.9. The second-order valence-electron chi connectivity index (χ2n) is 4.56. The van der Waals surface area contributed by atoms with Gasteiger partial charge in [0.2, 0.25) is 0 Å². The summed E-state index contributed by atoms with van der Waals surface area (Å²) in [5.41, 5.74) is -0.447. The number of halogens is 2. The normalized spacial score (nSPS) is 18.1. The number of hydrogen-bond donors (Lipinski definition) is 2. The number of benzene rings is 1. The Balaban J connectivity index is 1.96. The number of amides is 1. The van der Waals surface area contributed by atoms with Crippen molar-refractivity contribution in [3.63, 3.8) is 0 Å². The standard InChI is InChI=1S/C13H15Cl2NO2S/c14-10-2-1-9(11(15)7-10)8-16-12(17)13(18)3-5-19-6-4-13/h1-2,7,18H,3-6,8H2,(H,16,17). The minimum atomic E-state index is -1.23. The maximum absolute atomic E-state index is 12.0. The number of hydrogen-bond acceptors (Lipinski definition) is 3. The highest BCUT2D eigenvalue weighted by Crippen LogP contribution is 2.27. The van der Waals surface area contributed by atoms with E-state index in [1.807, 2.05) is 0 Å². The molecule has 1 aliphatic heterocycles. The second kappa shape index (κ2) is 6.35. The van der Waals surface area contributed by atoms with Crippen LogP contribution in [0.5, 0.6) is 0 Å². The topological polar surface area (TPSA) is 49.3 Å². The summed E-state index contributed by atoms with van der Waals surface area (Å²) in [6.45, 7) is 0.296. The lowest BCUT2D eigenvalue weighted by atomic mass is 9.95. The van der Waals surface area contributed by atoms with Crippen molar-refractivity contribution in [2.45, 2.75) is 25.0 Å². The lowest BCUT2D eigenvalue weighted by Crippen LogP contribution is -2.48. The number of carbonyl (C=O) groups is 1. The quantitative estimate of drug-likeness (QED) is 0.900. The van der Waals surface area contributed by atoms with Gasteiger partial charge in [-0.2, -0.15) is 11.8 Å². The third kappa shape index (κ3) is 3.78. The highest BCUT2D eigenvalue weighted by atomic mass is 35.5. The molecular formula is C13H15Cl2NO2S. The van der Waals surface area contributed by atoms with Crippen molar-refractivity contribution in [1.29, 1.82) is 0 Å². The Labute approximate surface area is 126 Å². The molecule has 1 aliphatic rings. The molecule has 19 heavy (non-hydrogen) atoms. The van der Waals surface area contributed by atoms with Crippen LogP contribution in [0.1, 0.15) is 18.4 Å². The van der Waals surface area contributed by atoms with Gasteiger partial charge in [-0.25, -0.2) is 0 Å². The molecule has 6 heteroatoms. The van der Waals surface area contributed by atoms with Gasteiger partial charge >= 0.3 is 0 Å². The molecule has 0 atom stereocenters. The third-order valence-corrected chi connectivity index (χ3v) is 4.77. The summed E-state index contributed by atoms with van der Waals surface area (Å²) in [5, 5.41) is 14.1. The Kier molecular flexibility index (Phi) is 5.01. The fraction of sp³-hybridized carbons (Fsp3) is 0.462. The Morgan fingerprint density at radius 1 is 1.37 bits per heavy atom. The Morgan fingerprint density at radius 2 is 2.05 bits per heavy atom. The lowest BCUT2D eigenvalue weighted by Gasteiger charge is -2.30. The van der Waals surface area contributed by atoms with E-state index in [4.69, 9.17) is 23.2 Å². The molecule has 2 rings (SSSR count). The van der Waals surface area contributed by atoms with Gasteiger partial charge in [-0.05, 0) is 42.0 Å². The molecule has 1 fully saturated rings. The number of thioether (sulfide) groups is 1. The smallest absolute Gasteiger partial charge is 0.252 e. The van der Waals surface area contributed by atoms with E-state index in [1.54, 1.807) is 30.0 Å². The van der Waals surface area contributed by atoms with Gasteiger partial charge in [-0.3, -0.25) is 4.79 Å². The predicted octanol–water partition coefficient (Wildman–Crippen LogP) is 2.87. The summed E-state index contributed by atoms with van der Waals surface area (Å²) in [6, 6.07) is 5.13. The number of nitrogens with one attached hydrogen (secondary N) is 1. The highest BCUT2D eigenvalue weighted by molar-refractivity contribution is 7.99. The molecule has 1 amide bonds. The first kappa shape index (κ1) is 15.0. The molecular weight excluding hydrogens is 305 g/mol. The maximum Gasteiger partial charge on any atom is 0.252 e. The molecule has 0 bridgehead atoms. The van der Waals surface area contributed by atoms with Gasteiger partial charge in [-0.1, -0.05) is 29.3 Å². The third-order valence-electron chi connectivity index (χ3n) is 3.20. The van der Waals surface area contributed by atoms with Crippen molar-refractivity contribution in [3.8, 4) is 0 Å². The van der Waals surface area contributed by atoms with Crippen LogP contribution in [0.25, 0.3) is 0 Å². The Hall–Kier alpha value is -0.420. The molecule has 3 nitrogen and oxygen atoms in total. The lowest BCUT2D eigenvalue weighted by molar-refractivity contribution is -0.140. The molecule has 2 N–H and O–H groups in total. The molecule has 1 aromatic carbocycles. The monoisotopic (exact) mass is 319 g/mol. The van der Waals surface area contributed by atoms with E-state index in [-0.39, 0.29) is 5.91 Å².